The van der Waals surface area contributed by atoms with Crippen LogP contribution in [-0.4, -0.2) is 21.0 Å². The van der Waals surface area contributed by atoms with Crippen LogP contribution in [0, 0.1) is 0 Å². The fourth-order valence-corrected chi connectivity index (χ4v) is 3.21. The number of nitrogens with zero attached hydrogens (tertiary/aromatic N) is 2. The van der Waals surface area contributed by atoms with Crippen molar-refractivity contribution >= 4 is 16.8 Å². The molecule has 4 rings (SSSR count). The number of rotatable bonds is 4. The number of aromatic hydroxyl groups is 1. The zero-order valence-electron chi connectivity index (χ0n) is 15.3. The zero-order chi connectivity index (χ0) is 19.5. The van der Waals surface area contributed by atoms with Crippen LogP contribution in [-0.2, 0) is 0 Å². The summed E-state index contributed by atoms with van der Waals surface area (Å²) in [6, 6.07) is 21.9. The van der Waals surface area contributed by atoms with Gasteiger partial charge in [-0.25, -0.2) is 4.98 Å². The summed E-state index contributed by atoms with van der Waals surface area (Å²) in [6.45, 7) is 1.79. The number of carbonyl (C=O) groups is 1. The van der Waals surface area contributed by atoms with E-state index in [1.165, 1.54) is 0 Å². The monoisotopic (exact) mass is 369 g/mol. The number of nitrogens with one attached hydrogen (secondary N) is 1. The highest BCUT2D eigenvalue weighted by Gasteiger charge is 2.18. The van der Waals surface area contributed by atoms with Crippen molar-refractivity contribution < 1.29 is 9.90 Å². The smallest absolute Gasteiger partial charge is 0.252 e. The Morgan fingerprint density at radius 1 is 1.00 bits per heavy atom. The Bertz CT molecular complexity index is 1140. The summed E-state index contributed by atoms with van der Waals surface area (Å²) in [5.74, 6) is -0.187. The predicted molar refractivity (Wildman–Crippen MR) is 109 cm³/mol. The van der Waals surface area contributed by atoms with E-state index in [1.54, 1.807) is 31.3 Å². The second-order valence-corrected chi connectivity index (χ2v) is 6.54. The van der Waals surface area contributed by atoms with E-state index >= 15 is 0 Å². The molecular formula is C23H19N3O2. The Hall–Kier alpha value is -3.73. The lowest BCUT2D eigenvalue weighted by molar-refractivity contribution is 0.0940. The first-order valence-electron chi connectivity index (χ1n) is 9.03. The molecule has 1 amide bonds. The van der Waals surface area contributed by atoms with Crippen molar-refractivity contribution in [2.45, 2.75) is 13.0 Å². The maximum atomic E-state index is 13.1. The van der Waals surface area contributed by atoms with Crippen LogP contribution in [0.4, 0.5) is 0 Å². The molecule has 2 aromatic carbocycles. The molecule has 0 aliphatic rings. The van der Waals surface area contributed by atoms with E-state index in [0.717, 1.165) is 22.2 Å². The molecule has 28 heavy (non-hydrogen) atoms. The Morgan fingerprint density at radius 3 is 2.54 bits per heavy atom. The van der Waals surface area contributed by atoms with E-state index in [-0.39, 0.29) is 11.7 Å². The molecule has 0 spiro atoms. The minimum Gasteiger partial charge on any atom is -0.506 e. The summed E-state index contributed by atoms with van der Waals surface area (Å²) in [7, 11) is 0. The molecule has 5 nitrogen and oxygen atoms in total. The zero-order valence-corrected chi connectivity index (χ0v) is 15.3. The van der Waals surface area contributed by atoms with Crippen LogP contribution >= 0.6 is 0 Å². The Morgan fingerprint density at radius 2 is 1.75 bits per heavy atom. The van der Waals surface area contributed by atoms with Gasteiger partial charge in [-0.1, -0.05) is 48.5 Å². The van der Waals surface area contributed by atoms with Gasteiger partial charge in [0.05, 0.1) is 22.8 Å². The summed E-state index contributed by atoms with van der Waals surface area (Å²) < 4.78 is 0. The van der Waals surface area contributed by atoms with Gasteiger partial charge in [0.2, 0.25) is 0 Å². The SMILES string of the molecule is CC(NC(=O)c1cc(-c2ccccc2)nc2ccccc12)c1ncccc1O. The molecule has 1 atom stereocenters. The molecule has 138 valence electrons. The lowest BCUT2D eigenvalue weighted by atomic mass is 10.0. The van der Waals surface area contributed by atoms with Crippen LogP contribution in [0.25, 0.3) is 22.2 Å². The maximum Gasteiger partial charge on any atom is 0.252 e. The topological polar surface area (TPSA) is 75.1 Å². The third-order valence-electron chi connectivity index (χ3n) is 4.60. The van der Waals surface area contributed by atoms with Gasteiger partial charge in [-0.15, -0.1) is 0 Å². The van der Waals surface area contributed by atoms with E-state index in [9.17, 15) is 9.90 Å². The van der Waals surface area contributed by atoms with Gasteiger partial charge in [-0.2, -0.15) is 0 Å². The van der Waals surface area contributed by atoms with Crippen LogP contribution in [0.2, 0.25) is 0 Å². The molecule has 2 aromatic heterocycles. The van der Waals surface area contributed by atoms with Crippen LogP contribution in [0.15, 0.2) is 79.0 Å². The number of hydrogen-bond donors (Lipinski definition) is 2. The number of para-hydroxylation sites is 1. The van der Waals surface area contributed by atoms with Crippen molar-refractivity contribution in [1.82, 2.24) is 15.3 Å². The predicted octanol–water partition coefficient (Wildman–Crippen LogP) is 4.49. The van der Waals surface area contributed by atoms with Crippen molar-refractivity contribution in [2.24, 2.45) is 0 Å². The fraction of sp³-hybridized carbons (Fsp3) is 0.0870. The number of fused-ring (bicyclic) bond motifs is 1. The van der Waals surface area contributed by atoms with Crippen molar-refractivity contribution in [3.05, 3.63) is 90.3 Å². The molecule has 0 saturated heterocycles. The van der Waals surface area contributed by atoms with Crippen LogP contribution < -0.4 is 5.32 Å². The van der Waals surface area contributed by atoms with Gasteiger partial charge in [-0.3, -0.25) is 9.78 Å². The maximum absolute atomic E-state index is 13.1. The second kappa shape index (κ2) is 7.48. The highest BCUT2D eigenvalue weighted by Crippen LogP contribution is 2.26. The van der Waals surface area contributed by atoms with Crippen LogP contribution in [0.5, 0.6) is 5.75 Å². The van der Waals surface area contributed by atoms with Crippen molar-refractivity contribution in [3.63, 3.8) is 0 Å². The van der Waals surface area contributed by atoms with Gasteiger partial charge >= 0.3 is 0 Å². The number of pyridine rings is 2. The van der Waals surface area contributed by atoms with E-state index < -0.39 is 6.04 Å². The van der Waals surface area contributed by atoms with Gasteiger partial charge in [-0.05, 0) is 31.2 Å². The lowest BCUT2D eigenvalue weighted by Gasteiger charge is -2.16. The largest absolute Gasteiger partial charge is 0.506 e. The number of carbonyl (C=O) groups excluding carboxylic acids is 1. The molecule has 0 radical (unpaired) electrons. The molecule has 2 N–H and O–H groups in total. The third-order valence-corrected chi connectivity index (χ3v) is 4.60. The quantitative estimate of drug-likeness (QED) is 0.556. The first-order chi connectivity index (χ1) is 13.6. The summed E-state index contributed by atoms with van der Waals surface area (Å²) in [5, 5.41) is 13.7. The molecule has 0 saturated carbocycles. The van der Waals surface area contributed by atoms with Gasteiger partial charge in [0.1, 0.15) is 11.4 Å². The number of amides is 1. The van der Waals surface area contributed by atoms with Gasteiger partial charge in [0.25, 0.3) is 5.91 Å². The Balaban J connectivity index is 1.75. The average molecular weight is 369 g/mol. The number of hydrogen-bond acceptors (Lipinski definition) is 4. The van der Waals surface area contributed by atoms with Gasteiger partial charge < -0.3 is 10.4 Å². The third kappa shape index (κ3) is 3.42. The van der Waals surface area contributed by atoms with E-state index in [4.69, 9.17) is 4.98 Å². The van der Waals surface area contributed by atoms with Crippen LogP contribution in [0.3, 0.4) is 0 Å². The average Bonchev–Trinajstić information content (AvgIpc) is 2.73. The first-order valence-corrected chi connectivity index (χ1v) is 9.03. The molecule has 5 heteroatoms. The highest BCUT2D eigenvalue weighted by molar-refractivity contribution is 6.07. The number of aromatic nitrogens is 2. The van der Waals surface area contributed by atoms with Crippen molar-refractivity contribution in [2.75, 3.05) is 0 Å². The minimum absolute atomic E-state index is 0.0554. The molecule has 4 aromatic rings. The summed E-state index contributed by atoms with van der Waals surface area (Å²) in [5.41, 5.74) is 3.39. The van der Waals surface area contributed by atoms with Gasteiger partial charge in [0, 0.05) is 17.1 Å². The fourth-order valence-electron chi connectivity index (χ4n) is 3.21. The summed E-state index contributed by atoms with van der Waals surface area (Å²) in [4.78, 5) is 22.0. The van der Waals surface area contributed by atoms with Crippen LogP contribution in [0.1, 0.15) is 29.0 Å². The molecular weight excluding hydrogens is 350 g/mol. The van der Waals surface area contributed by atoms with E-state index in [1.807, 2.05) is 54.6 Å². The molecule has 1 unspecified atom stereocenters. The highest BCUT2D eigenvalue weighted by atomic mass is 16.3. The Labute approximate surface area is 162 Å². The van der Waals surface area contributed by atoms with Crippen molar-refractivity contribution in [3.8, 4) is 17.0 Å². The minimum atomic E-state index is -0.444. The van der Waals surface area contributed by atoms with Crippen molar-refractivity contribution in [1.29, 1.82) is 0 Å². The van der Waals surface area contributed by atoms with Gasteiger partial charge in [0.15, 0.2) is 0 Å². The number of benzene rings is 2. The van der Waals surface area contributed by atoms with E-state index in [2.05, 4.69) is 10.3 Å². The lowest BCUT2D eigenvalue weighted by Crippen LogP contribution is -2.27. The molecule has 0 fully saturated rings. The molecule has 2 heterocycles. The Kier molecular flexibility index (Phi) is 4.72. The first kappa shape index (κ1) is 17.7. The normalized spacial score (nSPS) is 11.9. The summed E-state index contributed by atoms with van der Waals surface area (Å²) in [6.07, 6.45) is 1.59. The standard InChI is InChI=1S/C23H19N3O2/c1-15(22-21(27)12-7-13-24-22)25-23(28)18-14-20(16-8-3-2-4-9-16)26-19-11-6-5-10-17(18)19/h2-15,27H,1H3,(H,25,28). The molecule has 0 bridgehead atoms. The van der Waals surface area contributed by atoms with E-state index in [0.29, 0.717) is 11.3 Å². The second-order valence-electron chi connectivity index (χ2n) is 6.54. The molecule has 0 aliphatic carbocycles. The molecule has 0 aliphatic heterocycles. The summed E-state index contributed by atoms with van der Waals surface area (Å²) >= 11 is 0.